The monoisotopic (exact) mass is 349 g/mol. The van der Waals surface area contributed by atoms with Gasteiger partial charge in [0.1, 0.15) is 13.2 Å². The molecule has 5 heteroatoms. The molecule has 26 heavy (non-hydrogen) atoms. The number of likely N-dealkylation sites (tertiary alicyclic amines) is 1. The summed E-state index contributed by atoms with van der Waals surface area (Å²) in [5.74, 6) is 2.28. The third-order valence-corrected chi connectivity index (χ3v) is 5.37. The highest BCUT2D eigenvalue weighted by Gasteiger charge is 2.23. The van der Waals surface area contributed by atoms with Crippen LogP contribution in [-0.2, 0) is 6.54 Å². The maximum Gasteiger partial charge on any atom is 0.161 e. The number of aromatic nitrogens is 2. The number of nitrogens with one attached hydrogen (secondary N) is 1. The maximum atomic E-state index is 5.72. The van der Waals surface area contributed by atoms with E-state index in [2.05, 4.69) is 39.1 Å². The van der Waals surface area contributed by atoms with Gasteiger partial charge in [-0.15, -0.1) is 0 Å². The molecule has 1 aromatic carbocycles. The standard InChI is InChI=1S/C21H23N3O2/c1-4-17-19(22-7-1)12-18(23-17)16-3-2-8-24(14-16)13-15-5-6-20-21(11-15)26-10-9-25-20/h1,4-7,11-12,16,23H,2-3,8-10,13-14H2. The number of rotatable bonds is 3. The molecule has 134 valence electrons. The van der Waals surface area contributed by atoms with E-state index < -0.39 is 0 Å². The van der Waals surface area contributed by atoms with E-state index in [4.69, 9.17) is 9.47 Å². The van der Waals surface area contributed by atoms with Gasteiger partial charge in [0, 0.05) is 30.9 Å². The quantitative estimate of drug-likeness (QED) is 0.783. The lowest BCUT2D eigenvalue weighted by molar-refractivity contribution is 0.170. The molecule has 2 aliphatic heterocycles. The van der Waals surface area contributed by atoms with Crippen LogP contribution in [0.5, 0.6) is 11.5 Å². The van der Waals surface area contributed by atoms with Crippen LogP contribution >= 0.6 is 0 Å². The predicted molar refractivity (Wildman–Crippen MR) is 101 cm³/mol. The number of benzene rings is 1. The summed E-state index contributed by atoms with van der Waals surface area (Å²) in [7, 11) is 0. The molecule has 0 amide bonds. The van der Waals surface area contributed by atoms with Gasteiger partial charge < -0.3 is 14.5 Å². The lowest BCUT2D eigenvalue weighted by Gasteiger charge is -2.32. The van der Waals surface area contributed by atoms with Crippen LogP contribution in [0.3, 0.4) is 0 Å². The molecule has 5 nitrogen and oxygen atoms in total. The third kappa shape index (κ3) is 3.03. The van der Waals surface area contributed by atoms with Crippen molar-refractivity contribution in [1.82, 2.24) is 14.9 Å². The van der Waals surface area contributed by atoms with Crippen LogP contribution < -0.4 is 9.47 Å². The third-order valence-electron chi connectivity index (χ3n) is 5.37. The van der Waals surface area contributed by atoms with Gasteiger partial charge in [-0.3, -0.25) is 9.88 Å². The van der Waals surface area contributed by atoms with E-state index in [1.165, 1.54) is 24.1 Å². The molecule has 0 saturated carbocycles. The van der Waals surface area contributed by atoms with Gasteiger partial charge in [0.25, 0.3) is 0 Å². The largest absolute Gasteiger partial charge is 0.486 e. The number of hydrogen-bond acceptors (Lipinski definition) is 4. The molecule has 1 fully saturated rings. The highest BCUT2D eigenvalue weighted by Crippen LogP contribution is 2.33. The van der Waals surface area contributed by atoms with Gasteiger partial charge in [-0.2, -0.15) is 0 Å². The van der Waals surface area contributed by atoms with Crippen LogP contribution in [0, 0.1) is 0 Å². The number of hydrogen-bond donors (Lipinski definition) is 1. The number of piperidine rings is 1. The zero-order chi connectivity index (χ0) is 17.3. The van der Waals surface area contributed by atoms with Gasteiger partial charge in [-0.25, -0.2) is 0 Å². The SMILES string of the molecule is c1cnc2cc(C3CCCN(Cc4ccc5c(c4)OCCO5)C3)[nH]c2c1. The van der Waals surface area contributed by atoms with Crippen LogP contribution in [0.2, 0.25) is 0 Å². The molecular weight excluding hydrogens is 326 g/mol. The molecule has 1 saturated heterocycles. The zero-order valence-electron chi connectivity index (χ0n) is 14.8. The number of aromatic amines is 1. The molecule has 0 radical (unpaired) electrons. The fourth-order valence-electron chi connectivity index (χ4n) is 4.09. The second-order valence-electron chi connectivity index (χ2n) is 7.21. The van der Waals surface area contributed by atoms with E-state index >= 15 is 0 Å². The first-order valence-corrected chi connectivity index (χ1v) is 9.40. The first-order chi connectivity index (χ1) is 12.8. The van der Waals surface area contributed by atoms with Crippen LogP contribution in [0.1, 0.15) is 30.0 Å². The minimum absolute atomic E-state index is 0.537. The molecule has 1 unspecified atom stereocenters. The summed E-state index contributed by atoms with van der Waals surface area (Å²) in [5, 5.41) is 0. The molecule has 5 rings (SSSR count). The summed E-state index contributed by atoms with van der Waals surface area (Å²) in [4.78, 5) is 10.6. The van der Waals surface area contributed by atoms with Crippen molar-refractivity contribution in [2.45, 2.75) is 25.3 Å². The Hall–Kier alpha value is -2.53. The fourth-order valence-corrected chi connectivity index (χ4v) is 4.09. The van der Waals surface area contributed by atoms with Crippen molar-refractivity contribution in [2.75, 3.05) is 26.3 Å². The molecule has 0 spiro atoms. The zero-order valence-corrected chi connectivity index (χ0v) is 14.8. The lowest BCUT2D eigenvalue weighted by atomic mass is 9.94. The second-order valence-corrected chi connectivity index (χ2v) is 7.21. The Kier molecular flexibility index (Phi) is 4.02. The van der Waals surface area contributed by atoms with Crippen molar-refractivity contribution in [3.63, 3.8) is 0 Å². The topological polar surface area (TPSA) is 50.4 Å². The summed E-state index contributed by atoms with van der Waals surface area (Å²) < 4.78 is 11.3. The Morgan fingerprint density at radius 2 is 2.04 bits per heavy atom. The first-order valence-electron chi connectivity index (χ1n) is 9.40. The van der Waals surface area contributed by atoms with Crippen LogP contribution in [-0.4, -0.2) is 41.2 Å². The first kappa shape index (κ1) is 15.7. The average Bonchev–Trinajstić information content (AvgIpc) is 3.12. The van der Waals surface area contributed by atoms with Crippen molar-refractivity contribution < 1.29 is 9.47 Å². The highest BCUT2D eigenvalue weighted by molar-refractivity contribution is 5.75. The summed E-state index contributed by atoms with van der Waals surface area (Å²) in [6.45, 7) is 4.44. The summed E-state index contributed by atoms with van der Waals surface area (Å²) in [6, 6.07) is 12.6. The van der Waals surface area contributed by atoms with E-state index in [0.29, 0.717) is 19.1 Å². The number of fused-ring (bicyclic) bond motifs is 2. The Balaban J connectivity index is 1.31. The van der Waals surface area contributed by atoms with Crippen molar-refractivity contribution in [3.05, 3.63) is 53.9 Å². The smallest absolute Gasteiger partial charge is 0.161 e. The van der Waals surface area contributed by atoms with E-state index in [0.717, 1.165) is 42.2 Å². The Morgan fingerprint density at radius 3 is 2.96 bits per heavy atom. The Labute approximate surface area is 152 Å². The average molecular weight is 349 g/mol. The minimum Gasteiger partial charge on any atom is -0.486 e. The normalized spacial score (nSPS) is 20.4. The molecule has 1 N–H and O–H groups in total. The highest BCUT2D eigenvalue weighted by atomic mass is 16.6. The van der Waals surface area contributed by atoms with E-state index in [9.17, 15) is 0 Å². The molecule has 4 heterocycles. The van der Waals surface area contributed by atoms with E-state index in [-0.39, 0.29) is 0 Å². The molecule has 1 atom stereocenters. The van der Waals surface area contributed by atoms with Gasteiger partial charge in [0.15, 0.2) is 11.5 Å². The molecule has 2 aliphatic rings. The van der Waals surface area contributed by atoms with Gasteiger partial charge in [-0.1, -0.05) is 6.07 Å². The van der Waals surface area contributed by atoms with Crippen molar-refractivity contribution in [1.29, 1.82) is 0 Å². The van der Waals surface area contributed by atoms with Crippen molar-refractivity contribution in [3.8, 4) is 11.5 Å². The lowest BCUT2D eigenvalue weighted by Crippen LogP contribution is -2.34. The Bertz CT molecular complexity index is 888. The van der Waals surface area contributed by atoms with Gasteiger partial charge >= 0.3 is 0 Å². The summed E-state index contributed by atoms with van der Waals surface area (Å²) in [6.07, 6.45) is 4.30. The van der Waals surface area contributed by atoms with Crippen molar-refractivity contribution in [2.24, 2.45) is 0 Å². The molecule has 0 bridgehead atoms. The molecule has 0 aliphatic carbocycles. The maximum absolute atomic E-state index is 5.72. The predicted octanol–water partition coefficient (Wildman–Crippen LogP) is 3.71. The van der Waals surface area contributed by atoms with Gasteiger partial charge in [0.05, 0.1) is 11.0 Å². The van der Waals surface area contributed by atoms with Crippen molar-refractivity contribution >= 4 is 11.0 Å². The number of pyridine rings is 1. The molecule has 2 aromatic heterocycles. The number of H-pyrrole nitrogens is 1. The van der Waals surface area contributed by atoms with Crippen LogP contribution in [0.25, 0.3) is 11.0 Å². The van der Waals surface area contributed by atoms with E-state index in [1.807, 2.05) is 18.3 Å². The van der Waals surface area contributed by atoms with E-state index in [1.54, 1.807) is 0 Å². The number of ether oxygens (including phenoxy) is 2. The minimum atomic E-state index is 0.537. The molecule has 3 aromatic rings. The fraction of sp³-hybridized carbons (Fsp3) is 0.381. The summed E-state index contributed by atoms with van der Waals surface area (Å²) in [5.41, 5.74) is 4.79. The van der Waals surface area contributed by atoms with Gasteiger partial charge in [-0.05, 0) is 55.3 Å². The van der Waals surface area contributed by atoms with Gasteiger partial charge in [0.2, 0.25) is 0 Å². The summed E-state index contributed by atoms with van der Waals surface area (Å²) >= 11 is 0. The Morgan fingerprint density at radius 1 is 1.12 bits per heavy atom. The van der Waals surface area contributed by atoms with Crippen LogP contribution in [0.4, 0.5) is 0 Å². The van der Waals surface area contributed by atoms with Crippen LogP contribution in [0.15, 0.2) is 42.6 Å². The number of nitrogens with zero attached hydrogens (tertiary/aromatic N) is 2. The second kappa shape index (κ2) is 6.65. The molecular formula is C21H23N3O2.